The van der Waals surface area contributed by atoms with E-state index in [0.717, 1.165) is 4.47 Å². The molecule has 0 aromatic heterocycles. The zero-order valence-corrected chi connectivity index (χ0v) is 15.7. The van der Waals surface area contributed by atoms with E-state index in [1.807, 2.05) is 0 Å². The quantitative estimate of drug-likeness (QED) is 0.316. The smallest absolute Gasteiger partial charge is 0.0175 e. The molecular weight excluding hydrogens is 344 g/mol. The molecule has 0 bridgehead atoms. The number of aryl methyl sites for hydroxylation is 1. The van der Waals surface area contributed by atoms with E-state index in [0.29, 0.717) is 0 Å². The van der Waals surface area contributed by atoms with Crippen LogP contribution in [0.15, 0.2) is 53.0 Å². The van der Waals surface area contributed by atoms with Gasteiger partial charge in [0.1, 0.15) is 0 Å². The molecule has 122 valence electrons. The average molecular weight is 371 g/mol. The molecule has 0 aliphatic rings. The number of rotatable bonds is 9. The molecule has 1 heteroatoms. The van der Waals surface area contributed by atoms with Gasteiger partial charge in [-0.3, -0.25) is 0 Å². The fourth-order valence-electron chi connectivity index (χ4n) is 2.67. The SMILES string of the molecule is CCCCCCCCc1ccc(C=Cc2ccc(Br)cc2)cc1. The van der Waals surface area contributed by atoms with Crippen molar-refractivity contribution >= 4 is 28.1 Å². The predicted octanol–water partition coefficient (Wildman–Crippen LogP) is 7.52. The van der Waals surface area contributed by atoms with Crippen LogP contribution in [0.5, 0.6) is 0 Å². The minimum Gasteiger partial charge on any atom is -0.0654 e. The zero-order chi connectivity index (χ0) is 16.3. The van der Waals surface area contributed by atoms with E-state index in [2.05, 4.69) is 83.5 Å². The molecule has 0 heterocycles. The van der Waals surface area contributed by atoms with Crippen molar-refractivity contribution in [1.29, 1.82) is 0 Å². The first kappa shape index (κ1) is 18.0. The first-order valence-electron chi connectivity index (χ1n) is 8.80. The largest absolute Gasteiger partial charge is 0.0654 e. The second-order valence-corrected chi connectivity index (χ2v) is 7.06. The Labute approximate surface area is 149 Å². The molecule has 0 spiro atoms. The van der Waals surface area contributed by atoms with Crippen molar-refractivity contribution in [2.24, 2.45) is 0 Å². The van der Waals surface area contributed by atoms with Gasteiger partial charge in [-0.1, -0.05) is 104 Å². The van der Waals surface area contributed by atoms with Crippen LogP contribution in [0.3, 0.4) is 0 Å². The third kappa shape index (κ3) is 7.18. The van der Waals surface area contributed by atoms with E-state index in [4.69, 9.17) is 0 Å². The Hall–Kier alpha value is -1.34. The molecule has 0 N–H and O–H groups in total. The van der Waals surface area contributed by atoms with E-state index in [1.165, 1.54) is 61.6 Å². The summed E-state index contributed by atoms with van der Waals surface area (Å²) >= 11 is 3.46. The molecule has 2 aromatic carbocycles. The van der Waals surface area contributed by atoms with Crippen LogP contribution in [0.25, 0.3) is 12.2 Å². The summed E-state index contributed by atoms with van der Waals surface area (Å²) in [6, 6.07) is 17.4. The van der Waals surface area contributed by atoms with Gasteiger partial charge in [0.15, 0.2) is 0 Å². The Morgan fingerprint density at radius 1 is 0.696 bits per heavy atom. The summed E-state index contributed by atoms with van der Waals surface area (Å²) in [5.41, 5.74) is 3.95. The van der Waals surface area contributed by atoms with Crippen LogP contribution < -0.4 is 0 Å². The maximum absolute atomic E-state index is 3.46. The molecule has 2 rings (SSSR count). The highest BCUT2D eigenvalue weighted by Crippen LogP contribution is 2.15. The molecular formula is C22H27Br. The van der Waals surface area contributed by atoms with Crippen molar-refractivity contribution < 1.29 is 0 Å². The van der Waals surface area contributed by atoms with Crippen molar-refractivity contribution in [3.63, 3.8) is 0 Å². The minimum absolute atomic E-state index is 1.12. The summed E-state index contributed by atoms with van der Waals surface area (Å²) in [6.45, 7) is 2.27. The summed E-state index contributed by atoms with van der Waals surface area (Å²) in [5.74, 6) is 0. The second kappa shape index (κ2) is 10.4. The van der Waals surface area contributed by atoms with Crippen molar-refractivity contribution in [2.75, 3.05) is 0 Å². The fourth-order valence-corrected chi connectivity index (χ4v) is 2.94. The van der Waals surface area contributed by atoms with Crippen LogP contribution in [-0.4, -0.2) is 0 Å². The standard InChI is InChI=1S/C22H27Br/c1-2-3-4-5-6-7-8-19-9-11-20(12-10-19)13-14-21-15-17-22(23)18-16-21/h9-18H,2-8H2,1H3. The third-order valence-electron chi connectivity index (χ3n) is 4.14. The Morgan fingerprint density at radius 3 is 1.83 bits per heavy atom. The Balaban J connectivity index is 1.76. The predicted molar refractivity (Wildman–Crippen MR) is 107 cm³/mol. The summed E-state index contributed by atoms with van der Waals surface area (Å²) < 4.78 is 1.12. The van der Waals surface area contributed by atoms with Gasteiger partial charge in [0.05, 0.1) is 0 Å². The number of hydrogen-bond donors (Lipinski definition) is 0. The van der Waals surface area contributed by atoms with E-state index < -0.39 is 0 Å². The normalized spacial score (nSPS) is 11.2. The summed E-state index contributed by atoms with van der Waals surface area (Å²) in [4.78, 5) is 0. The van der Waals surface area contributed by atoms with Crippen LogP contribution in [0.2, 0.25) is 0 Å². The number of hydrogen-bond acceptors (Lipinski definition) is 0. The molecule has 0 saturated heterocycles. The molecule has 0 atom stereocenters. The zero-order valence-electron chi connectivity index (χ0n) is 14.1. The summed E-state index contributed by atoms with van der Waals surface area (Å²) in [5, 5.41) is 0. The van der Waals surface area contributed by atoms with Crippen molar-refractivity contribution in [3.05, 3.63) is 69.7 Å². The van der Waals surface area contributed by atoms with Gasteiger partial charge in [-0.25, -0.2) is 0 Å². The molecule has 0 amide bonds. The molecule has 0 unspecified atom stereocenters. The molecule has 23 heavy (non-hydrogen) atoms. The number of halogens is 1. The van der Waals surface area contributed by atoms with Gasteiger partial charge in [-0.05, 0) is 41.7 Å². The molecule has 0 aliphatic heterocycles. The van der Waals surface area contributed by atoms with Crippen LogP contribution >= 0.6 is 15.9 Å². The number of unbranched alkanes of at least 4 members (excludes halogenated alkanes) is 5. The van der Waals surface area contributed by atoms with Crippen LogP contribution in [0, 0.1) is 0 Å². The second-order valence-electron chi connectivity index (χ2n) is 6.14. The van der Waals surface area contributed by atoms with Gasteiger partial charge in [0, 0.05) is 4.47 Å². The molecule has 0 fully saturated rings. The van der Waals surface area contributed by atoms with Crippen LogP contribution in [0.4, 0.5) is 0 Å². The number of benzene rings is 2. The maximum Gasteiger partial charge on any atom is 0.0175 e. The lowest BCUT2D eigenvalue weighted by Gasteiger charge is -2.03. The summed E-state index contributed by atoms with van der Waals surface area (Å²) in [7, 11) is 0. The Morgan fingerprint density at radius 2 is 1.22 bits per heavy atom. The van der Waals surface area contributed by atoms with E-state index in [1.54, 1.807) is 0 Å². The highest BCUT2D eigenvalue weighted by atomic mass is 79.9. The summed E-state index contributed by atoms with van der Waals surface area (Å²) in [6.07, 6.45) is 13.7. The lowest BCUT2D eigenvalue weighted by molar-refractivity contribution is 0.607. The highest BCUT2D eigenvalue weighted by molar-refractivity contribution is 9.10. The van der Waals surface area contributed by atoms with Crippen molar-refractivity contribution in [1.82, 2.24) is 0 Å². The first-order chi connectivity index (χ1) is 11.3. The Kier molecular flexibility index (Phi) is 8.17. The molecule has 0 saturated carbocycles. The van der Waals surface area contributed by atoms with E-state index in [-0.39, 0.29) is 0 Å². The van der Waals surface area contributed by atoms with Gasteiger partial charge in [0.25, 0.3) is 0 Å². The highest BCUT2D eigenvalue weighted by Gasteiger charge is 1.95. The van der Waals surface area contributed by atoms with Gasteiger partial charge in [-0.15, -0.1) is 0 Å². The topological polar surface area (TPSA) is 0 Å². The van der Waals surface area contributed by atoms with E-state index >= 15 is 0 Å². The van der Waals surface area contributed by atoms with E-state index in [9.17, 15) is 0 Å². The Bertz CT molecular complexity index is 578. The third-order valence-corrected chi connectivity index (χ3v) is 4.67. The lowest BCUT2D eigenvalue weighted by Crippen LogP contribution is -1.86. The average Bonchev–Trinajstić information content (AvgIpc) is 2.58. The van der Waals surface area contributed by atoms with Gasteiger partial charge in [-0.2, -0.15) is 0 Å². The van der Waals surface area contributed by atoms with Crippen LogP contribution in [-0.2, 0) is 6.42 Å². The van der Waals surface area contributed by atoms with Crippen molar-refractivity contribution in [3.8, 4) is 0 Å². The molecule has 0 nitrogen and oxygen atoms in total. The first-order valence-corrected chi connectivity index (χ1v) is 9.60. The molecule has 0 radical (unpaired) electrons. The maximum atomic E-state index is 3.46. The monoisotopic (exact) mass is 370 g/mol. The fraction of sp³-hybridized carbons (Fsp3) is 0.364. The minimum atomic E-state index is 1.12. The van der Waals surface area contributed by atoms with Crippen LogP contribution in [0.1, 0.15) is 62.1 Å². The van der Waals surface area contributed by atoms with Crippen molar-refractivity contribution in [2.45, 2.75) is 51.9 Å². The van der Waals surface area contributed by atoms with Gasteiger partial charge in [0.2, 0.25) is 0 Å². The van der Waals surface area contributed by atoms with Gasteiger partial charge >= 0.3 is 0 Å². The van der Waals surface area contributed by atoms with Gasteiger partial charge < -0.3 is 0 Å². The lowest BCUT2D eigenvalue weighted by atomic mass is 10.0. The molecule has 2 aromatic rings. The molecule has 0 aliphatic carbocycles.